The van der Waals surface area contributed by atoms with Crippen LogP contribution in [0.3, 0.4) is 0 Å². The average molecular weight is 752 g/mol. The minimum Gasteiger partial charge on any atom is -0.508 e. The predicted octanol–water partition coefficient (Wildman–Crippen LogP) is 7.66. The van der Waals surface area contributed by atoms with Crippen LogP contribution in [0.1, 0.15) is 41.3 Å². The molecule has 1 amide bonds. The van der Waals surface area contributed by atoms with Crippen LogP contribution in [-0.4, -0.2) is 62.3 Å². The minimum atomic E-state index is -0.124. The van der Waals surface area contributed by atoms with Crippen LogP contribution in [0.15, 0.2) is 149 Å². The third kappa shape index (κ3) is 12.3. The molecule has 0 aromatic heterocycles. The molecule has 0 heterocycles. The fourth-order valence-corrected chi connectivity index (χ4v) is 5.93. The first kappa shape index (κ1) is 39.3. The second-order valence-electron chi connectivity index (χ2n) is 13.2. The van der Waals surface area contributed by atoms with Gasteiger partial charge in [-0.15, -0.1) is 0 Å². The first-order chi connectivity index (χ1) is 27.4. The first-order valence-corrected chi connectivity index (χ1v) is 18.8. The highest BCUT2D eigenvalue weighted by atomic mass is 16.5. The van der Waals surface area contributed by atoms with Gasteiger partial charge in [0.15, 0.2) is 0 Å². The summed E-state index contributed by atoms with van der Waals surface area (Å²) in [6.45, 7) is 9.19. The maximum atomic E-state index is 12.1. The molecule has 0 saturated heterocycles. The van der Waals surface area contributed by atoms with Gasteiger partial charge in [-0.3, -0.25) is 9.79 Å². The van der Waals surface area contributed by atoms with Crippen molar-refractivity contribution in [2.75, 3.05) is 50.2 Å². The molecule has 1 fully saturated rings. The molecule has 1 saturated carbocycles. The summed E-state index contributed by atoms with van der Waals surface area (Å²) >= 11 is 0. The maximum Gasteiger partial charge on any atom is 0.251 e. The lowest BCUT2D eigenvalue weighted by Gasteiger charge is -2.17. The Hall–Kier alpha value is -6.43. The van der Waals surface area contributed by atoms with E-state index in [1.807, 2.05) is 37.3 Å². The van der Waals surface area contributed by atoms with Crippen molar-refractivity contribution in [3.05, 3.63) is 156 Å². The standard InChI is InChI=1S/C45H49N7O4/c1-32(46-25-27-55-29-30-56-28-26-47-44(54)37-10-4-3-5-11-37)50-45(52-40-21-23-41(53)24-22-40)51-33(2)49-39-19-17-36(18-20-39)43(35-15-16-35)48-31-38-13-8-12-34-9-6-7-14-42(34)38/h3-14,17-24,48-49,53H,2,15-16,25-31H2,1H3,(H,47,54)(H2,46,50,51,52). The van der Waals surface area contributed by atoms with E-state index < -0.39 is 0 Å². The molecule has 6 rings (SSSR count). The van der Waals surface area contributed by atoms with E-state index in [1.165, 1.54) is 27.6 Å². The van der Waals surface area contributed by atoms with E-state index in [0.29, 0.717) is 62.7 Å². The monoisotopic (exact) mass is 751 g/mol. The van der Waals surface area contributed by atoms with Crippen molar-refractivity contribution in [2.45, 2.75) is 26.3 Å². The van der Waals surface area contributed by atoms with Gasteiger partial charge < -0.3 is 41.2 Å². The maximum absolute atomic E-state index is 12.1. The Labute approximate surface area is 328 Å². The summed E-state index contributed by atoms with van der Waals surface area (Å²) in [5.41, 5.74) is 7.27. The van der Waals surface area contributed by atoms with Crippen molar-refractivity contribution >= 4 is 45.5 Å². The summed E-state index contributed by atoms with van der Waals surface area (Å²) < 4.78 is 11.2. The molecule has 5 aromatic rings. The summed E-state index contributed by atoms with van der Waals surface area (Å²) in [6.07, 6.45) is 2.22. The van der Waals surface area contributed by atoms with E-state index >= 15 is 0 Å². The normalized spacial score (nSPS) is 12.6. The molecule has 0 radical (unpaired) electrons. The van der Waals surface area contributed by atoms with Crippen LogP contribution in [0.5, 0.6) is 5.75 Å². The fourth-order valence-electron chi connectivity index (χ4n) is 5.93. The van der Waals surface area contributed by atoms with Crippen molar-refractivity contribution in [1.29, 1.82) is 0 Å². The Balaban J connectivity index is 0.971. The van der Waals surface area contributed by atoms with E-state index in [2.05, 4.69) is 97.7 Å². The second kappa shape index (κ2) is 20.3. The van der Waals surface area contributed by atoms with Gasteiger partial charge >= 0.3 is 0 Å². The minimum absolute atomic E-state index is 0.124. The number of anilines is 2. The highest BCUT2D eigenvalue weighted by Crippen LogP contribution is 2.35. The number of phenols is 1. The van der Waals surface area contributed by atoms with E-state index in [-0.39, 0.29) is 11.7 Å². The number of carbonyl (C=O) groups excluding carboxylic acids is 1. The number of aromatic hydroxyl groups is 1. The van der Waals surface area contributed by atoms with Crippen molar-refractivity contribution in [2.24, 2.45) is 9.98 Å². The van der Waals surface area contributed by atoms with Gasteiger partial charge in [0.05, 0.1) is 33.0 Å². The highest BCUT2D eigenvalue weighted by molar-refractivity contribution is 6.02. The zero-order valence-electron chi connectivity index (χ0n) is 31.7. The molecule has 288 valence electrons. The number of nitrogens with zero attached hydrogens (tertiary/aromatic N) is 2. The summed E-state index contributed by atoms with van der Waals surface area (Å²) in [7, 11) is 0. The first-order valence-electron chi connectivity index (χ1n) is 18.8. The van der Waals surface area contributed by atoms with Crippen molar-refractivity contribution < 1.29 is 19.4 Å². The Morgan fingerprint density at radius 1 is 0.732 bits per heavy atom. The van der Waals surface area contributed by atoms with Gasteiger partial charge in [-0.05, 0) is 95.8 Å². The Morgan fingerprint density at radius 3 is 2.18 bits per heavy atom. The number of amides is 1. The van der Waals surface area contributed by atoms with Crippen LogP contribution in [0.2, 0.25) is 0 Å². The zero-order valence-corrected chi connectivity index (χ0v) is 31.7. The van der Waals surface area contributed by atoms with Gasteiger partial charge in [0, 0.05) is 35.7 Å². The van der Waals surface area contributed by atoms with Gasteiger partial charge in [0.25, 0.3) is 5.91 Å². The summed E-state index contributed by atoms with van der Waals surface area (Å²) in [5.74, 6) is 1.48. The number of fused-ring (bicyclic) bond motifs is 1. The molecule has 1 aliphatic rings. The van der Waals surface area contributed by atoms with Gasteiger partial charge in [0.1, 0.15) is 17.4 Å². The number of amidine groups is 1. The molecule has 0 spiro atoms. The molecular weight excluding hydrogens is 703 g/mol. The molecular formula is C45H49N7O4. The van der Waals surface area contributed by atoms with Crippen LogP contribution in [-0.2, 0) is 16.0 Å². The molecule has 0 bridgehead atoms. The number of guanidine groups is 1. The van der Waals surface area contributed by atoms with Crippen LogP contribution in [0.4, 0.5) is 11.4 Å². The van der Waals surface area contributed by atoms with E-state index in [0.717, 1.165) is 36.3 Å². The fraction of sp³-hybridized carbons (Fsp3) is 0.222. The quantitative estimate of drug-likeness (QED) is 0.0232. The summed E-state index contributed by atoms with van der Waals surface area (Å²) in [4.78, 5) is 21.3. The largest absolute Gasteiger partial charge is 0.508 e. The Bertz CT molecular complexity index is 2150. The molecule has 1 aliphatic carbocycles. The molecule has 5 aromatic carbocycles. The zero-order chi connectivity index (χ0) is 39.0. The molecule has 0 aliphatic heterocycles. The SMILES string of the molecule is C=C(NC(=NC(C)=NCCOCCOCCNC(=O)c1ccccc1)Nc1ccc(O)cc1)Nc1ccc(C(NCc2cccc3ccccc23)=C2CC2)cc1. The topological polar surface area (TPSA) is 141 Å². The van der Waals surface area contributed by atoms with Gasteiger partial charge in [-0.25, -0.2) is 4.99 Å². The van der Waals surface area contributed by atoms with Gasteiger partial charge in [-0.2, -0.15) is 0 Å². The van der Waals surface area contributed by atoms with E-state index in [4.69, 9.17) is 9.47 Å². The number of ether oxygens (including phenoxy) is 2. The second-order valence-corrected chi connectivity index (χ2v) is 13.2. The molecule has 6 N–H and O–H groups in total. The number of hydrogen-bond acceptors (Lipinski definition) is 7. The van der Waals surface area contributed by atoms with Crippen LogP contribution in [0.25, 0.3) is 16.5 Å². The lowest BCUT2D eigenvalue weighted by atomic mass is 10.0. The average Bonchev–Trinajstić information content (AvgIpc) is 4.06. The number of allylic oxidation sites excluding steroid dienone is 1. The molecule has 0 atom stereocenters. The van der Waals surface area contributed by atoms with Crippen molar-refractivity contribution in [1.82, 2.24) is 16.0 Å². The van der Waals surface area contributed by atoms with E-state index in [1.54, 1.807) is 36.4 Å². The highest BCUT2D eigenvalue weighted by Gasteiger charge is 2.19. The summed E-state index contributed by atoms with van der Waals surface area (Å²) in [5, 5.41) is 28.6. The number of aliphatic imine (C=N–C) groups is 2. The Kier molecular flexibility index (Phi) is 14.2. The third-order valence-electron chi connectivity index (χ3n) is 8.85. The molecule has 11 nitrogen and oxygen atoms in total. The number of carbonyl (C=O) groups is 1. The predicted molar refractivity (Wildman–Crippen MR) is 227 cm³/mol. The van der Waals surface area contributed by atoms with Gasteiger partial charge in [-0.1, -0.05) is 79.4 Å². The number of rotatable bonds is 18. The number of phenolic OH excluding ortho intramolecular Hbond substituents is 1. The lowest BCUT2D eigenvalue weighted by molar-refractivity contribution is 0.0512. The van der Waals surface area contributed by atoms with Crippen LogP contribution in [0, 0.1) is 0 Å². The van der Waals surface area contributed by atoms with Crippen molar-refractivity contribution in [3.63, 3.8) is 0 Å². The van der Waals surface area contributed by atoms with Gasteiger partial charge in [0.2, 0.25) is 5.96 Å². The number of hydrogen-bond donors (Lipinski definition) is 6. The number of nitrogens with one attached hydrogen (secondary N) is 5. The van der Waals surface area contributed by atoms with Crippen molar-refractivity contribution in [3.8, 4) is 5.75 Å². The van der Waals surface area contributed by atoms with Crippen LogP contribution < -0.4 is 26.6 Å². The lowest BCUT2D eigenvalue weighted by Crippen LogP contribution is -2.33. The summed E-state index contributed by atoms with van der Waals surface area (Å²) in [6, 6.07) is 39.0. The smallest absolute Gasteiger partial charge is 0.251 e. The number of benzene rings is 5. The molecule has 56 heavy (non-hydrogen) atoms. The van der Waals surface area contributed by atoms with Crippen LogP contribution >= 0.6 is 0 Å². The molecule has 11 heteroatoms. The third-order valence-corrected chi connectivity index (χ3v) is 8.85. The molecule has 0 unspecified atom stereocenters. The Morgan fingerprint density at radius 2 is 1.41 bits per heavy atom. The van der Waals surface area contributed by atoms with E-state index in [9.17, 15) is 9.90 Å².